The molecule has 0 unspecified atom stereocenters. The molecule has 2 rings (SSSR count). The summed E-state index contributed by atoms with van der Waals surface area (Å²) >= 11 is 0. The first-order valence-corrected chi connectivity index (χ1v) is 9.83. The van der Waals surface area contributed by atoms with Gasteiger partial charge in [0.1, 0.15) is 18.8 Å². The molecule has 2 heterocycles. The molecule has 1 saturated heterocycles. The molecule has 0 amide bonds. The number of esters is 4. The fraction of sp³-hybridized carbons (Fsp3) is 0.650. The van der Waals surface area contributed by atoms with Gasteiger partial charge < -0.3 is 33.2 Å². The number of allylic oxidation sites excluding steroid dienone is 1. The lowest BCUT2D eigenvalue weighted by Gasteiger charge is -2.44. The van der Waals surface area contributed by atoms with E-state index < -0.39 is 60.7 Å². The predicted octanol–water partition coefficient (Wildman–Crippen LogP) is -0.0422. The normalized spacial score (nSPS) is 29.4. The van der Waals surface area contributed by atoms with Crippen LogP contribution in [0.3, 0.4) is 0 Å². The van der Waals surface area contributed by atoms with E-state index in [-0.39, 0.29) is 25.4 Å². The van der Waals surface area contributed by atoms with Gasteiger partial charge in [0.2, 0.25) is 0 Å². The first-order chi connectivity index (χ1) is 15.1. The van der Waals surface area contributed by atoms with E-state index in [9.17, 15) is 24.0 Å². The molecule has 0 aromatic heterocycles. The number of carbonyl (C=O) groups excluding carboxylic acids is 5. The summed E-state index contributed by atoms with van der Waals surface area (Å²) in [6, 6.07) is 0. The topological polar surface area (TPSA) is 150 Å². The average molecular weight is 458 g/mol. The van der Waals surface area contributed by atoms with E-state index in [0.717, 1.165) is 20.8 Å². The monoisotopic (exact) mass is 458 g/mol. The third kappa shape index (κ3) is 7.61. The molecule has 0 aromatic carbocycles. The number of ketones is 1. The van der Waals surface area contributed by atoms with Gasteiger partial charge in [-0.2, -0.15) is 0 Å². The molecule has 6 atom stereocenters. The van der Waals surface area contributed by atoms with Crippen LogP contribution >= 0.6 is 0 Å². The number of hydrogen-bond acceptors (Lipinski definition) is 12. The summed E-state index contributed by atoms with van der Waals surface area (Å²) < 4.78 is 37.6. The minimum atomic E-state index is -1.33. The van der Waals surface area contributed by atoms with Crippen molar-refractivity contribution in [2.24, 2.45) is 0 Å². The van der Waals surface area contributed by atoms with Gasteiger partial charge in [0.15, 0.2) is 30.4 Å². The molecular formula is C20H26O12. The summed E-state index contributed by atoms with van der Waals surface area (Å²) in [5, 5.41) is 0. The minimum absolute atomic E-state index is 0.0573. The molecule has 0 saturated carbocycles. The molecule has 178 valence electrons. The highest BCUT2D eigenvalue weighted by Gasteiger charge is 2.52. The van der Waals surface area contributed by atoms with Crippen LogP contribution in [0.15, 0.2) is 12.3 Å². The molecule has 0 aromatic rings. The fourth-order valence-electron chi connectivity index (χ4n) is 3.19. The zero-order valence-electron chi connectivity index (χ0n) is 18.1. The molecule has 0 radical (unpaired) electrons. The van der Waals surface area contributed by atoms with Crippen LogP contribution in [0.1, 0.15) is 34.1 Å². The van der Waals surface area contributed by atoms with Crippen LogP contribution in [0.25, 0.3) is 0 Å². The maximum Gasteiger partial charge on any atom is 0.303 e. The Kier molecular flexibility index (Phi) is 9.14. The standard InChI is InChI=1S/C20H26O12/c1-10(21)27-9-16-17(29-11(2)22)18(30-12(3)23)19(31-13(4)24)20(32-16)28-8-15-7-14(25)5-6-26-15/h5-6,15-20H,7-9H2,1-4H3/t15-,16-,17+,18+,19-,20-/m1/s1. The first-order valence-electron chi connectivity index (χ1n) is 9.83. The highest BCUT2D eigenvalue weighted by Crippen LogP contribution is 2.30. The summed E-state index contributed by atoms with van der Waals surface area (Å²) in [5.74, 6) is -3.00. The maximum atomic E-state index is 11.8. The van der Waals surface area contributed by atoms with Crippen molar-refractivity contribution in [2.75, 3.05) is 13.2 Å². The second kappa shape index (κ2) is 11.6. The van der Waals surface area contributed by atoms with Crippen LogP contribution < -0.4 is 0 Å². The molecule has 0 N–H and O–H groups in total. The summed E-state index contributed by atoms with van der Waals surface area (Å²) in [6.07, 6.45) is -4.40. The number of rotatable bonds is 8. The summed E-state index contributed by atoms with van der Waals surface area (Å²) in [7, 11) is 0. The summed E-state index contributed by atoms with van der Waals surface area (Å²) in [4.78, 5) is 58.1. The van der Waals surface area contributed by atoms with E-state index in [0.29, 0.717) is 0 Å². The van der Waals surface area contributed by atoms with Crippen LogP contribution in [0.5, 0.6) is 0 Å². The van der Waals surface area contributed by atoms with Crippen LogP contribution in [-0.2, 0) is 57.1 Å². The first kappa shape index (κ1) is 25.3. The molecule has 0 aliphatic carbocycles. The van der Waals surface area contributed by atoms with E-state index in [2.05, 4.69) is 0 Å². The van der Waals surface area contributed by atoms with E-state index in [1.165, 1.54) is 19.3 Å². The van der Waals surface area contributed by atoms with Crippen molar-refractivity contribution in [3.63, 3.8) is 0 Å². The Morgan fingerprint density at radius 3 is 2.03 bits per heavy atom. The van der Waals surface area contributed by atoms with Gasteiger partial charge in [-0.25, -0.2) is 0 Å². The highest BCUT2D eigenvalue weighted by molar-refractivity contribution is 5.90. The van der Waals surface area contributed by atoms with E-state index in [4.69, 9.17) is 33.2 Å². The third-order valence-electron chi connectivity index (χ3n) is 4.35. The van der Waals surface area contributed by atoms with Gasteiger partial charge in [-0.05, 0) is 0 Å². The van der Waals surface area contributed by atoms with Gasteiger partial charge in [-0.1, -0.05) is 0 Å². The predicted molar refractivity (Wildman–Crippen MR) is 102 cm³/mol. The summed E-state index contributed by atoms with van der Waals surface area (Å²) in [5.41, 5.74) is 0. The molecule has 0 bridgehead atoms. The zero-order chi connectivity index (χ0) is 23.8. The molecule has 0 spiro atoms. The number of ether oxygens (including phenoxy) is 7. The molecule has 1 fully saturated rings. The summed E-state index contributed by atoms with van der Waals surface area (Å²) in [6.45, 7) is 4.05. The van der Waals surface area contributed by atoms with Gasteiger partial charge in [-0.3, -0.25) is 24.0 Å². The Morgan fingerprint density at radius 1 is 0.875 bits per heavy atom. The average Bonchev–Trinajstić information content (AvgIpc) is 2.67. The molecule has 2 aliphatic heterocycles. The quantitative estimate of drug-likeness (QED) is 0.354. The second-order valence-electron chi connectivity index (χ2n) is 7.13. The van der Waals surface area contributed by atoms with Crippen LogP contribution in [0.4, 0.5) is 0 Å². The number of hydrogen-bond donors (Lipinski definition) is 0. The molecular weight excluding hydrogens is 432 g/mol. The van der Waals surface area contributed by atoms with Crippen molar-refractivity contribution in [1.82, 2.24) is 0 Å². The third-order valence-corrected chi connectivity index (χ3v) is 4.35. The van der Waals surface area contributed by atoms with E-state index >= 15 is 0 Å². The van der Waals surface area contributed by atoms with Crippen molar-refractivity contribution in [1.29, 1.82) is 0 Å². The van der Waals surface area contributed by atoms with E-state index in [1.54, 1.807) is 0 Å². The lowest BCUT2D eigenvalue weighted by atomic mass is 9.98. The lowest BCUT2D eigenvalue weighted by molar-refractivity contribution is -0.311. The van der Waals surface area contributed by atoms with E-state index in [1.807, 2.05) is 0 Å². The van der Waals surface area contributed by atoms with Crippen molar-refractivity contribution in [3.05, 3.63) is 12.3 Å². The molecule has 12 nitrogen and oxygen atoms in total. The Labute approximate surface area is 184 Å². The van der Waals surface area contributed by atoms with Crippen molar-refractivity contribution in [2.45, 2.75) is 70.9 Å². The van der Waals surface area contributed by atoms with Crippen LogP contribution in [-0.4, -0.2) is 79.7 Å². The molecule has 12 heteroatoms. The molecule has 2 aliphatic rings. The second-order valence-corrected chi connectivity index (χ2v) is 7.13. The SMILES string of the molecule is CC(=O)OC[C@H]1O[C@@H](OC[C@H]2CC(=O)C=CO2)[C@H](OC(C)=O)[C@@H](OC(C)=O)[C@H]1OC(C)=O. The number of carbonyl (C=O) groups is 5. The highest BCUT2D eigenvalue weighted by atomic mass is 16.7. The lowest BCUT2D eigenvalue weighted by Crippen LogP contribution is -2.63. The molecule has 32 heavy (non-hydrogen) atoms. The Balaban J connectivity index is 2.30. The van der Waals surface area contributed by atoms with Gasteiger partial charge in [-0.15, -0.1) is 0 Å². The van der Waals surface area contributed by atoms with Gasteiger partial charge >= 0.3 is 23.9 Å². The van der Waals surface area contributed by atoms with Gasteiger partial charge in [0.05, 0.1) is 12.9 Å². The van der Waals surface area contributed by atoms with Gasteiger partial charge in [0.25, 0.3) is 0 Å². The van der Waals surface area contributed by atoms with Crippen LogP contribution in [0, 0.1) is 0 Å². The van der Waals surface area contributed by atoms with Crippen LogP contribution in [0.2, 0.25) is 0 Å². The maximum absolute atomic E-state index is 11.8. The smallest absolute Gasteiger partial charge is 0.303 e. The Morgan fingerprint density at radius 2 is 1.47 bits per heavy atom. The van der Waals surface area contributed by atoms with Gasteiger partial charge in [0, 0.05) is 40.2 Å². The van der Waals surface area contributed by atoms with Crippen molar-refractivity contribution in [3.8, 4) is 0 Å². The van der Waals surface area contributed by atoms with Crippen molar-refractivity contribution < 1.29 is 57.1 Å². The minimum Gasteiger partial charge on any atom is -0.495 e. The van der Waals surface area contributed by atoms with Crippen molar-refractivity contribution >= 4 is 29.7 Å². The Hall–Kier alpha value is -2.99. The fourth-order valence-corrected chi connectivity index (χ4v) is 3.19. The zero-order valence-corrected chi connectivity index (χ0v) is 18.1. The Bertz CT molecular complexity index is 760. The largest absolute Gasteiger partial charge is 0.495 e.